The fraction of sp³-hybridized carbons (Fsp3) is 0.538. The van der Waals surface area contributed by atoms with Gasteiger partial charge < -0.3 is 10.1 Å². The highest BCUT2D eigenvalue weighted by Gasteiger charge is 2.15. The smallest absolute Gasteiger partial charge is 0.267 e. The minimum Gasteiger partial charge on any atom is -0.379 e. The molecule has 110 valence electrons. The summed E-state index contributed by atoms with van der Waals surface area (Å²) in [7, 11) is 0. The molecule has 1 aromatic heterocycles. The monoisotopic (exact) mass is 298 g/mol. The Labute approximate surface area is 123 Å². The van der Waals surface area contributed by atoms with E-state index in [4.69, 9.17) is 16.3 Å². The largest absolute Gasteiger partial charge is 0.379 e. The van der Waals surface area contributed by atoms with Gasteiger partial charge in [0.2, 0.25) is 0 Å². The lowest BCUT2D eigenvalue weighted by atomic mass is 10.2. The summed E-state index contributed by atoms with van der Waals surface area (Å²) in [6, 6.07) is 1.63. The van der Waals surface area contributed by atoms with E-state index in [1.54, 1.807) is 6.07 Å². The van der Waals surface area contributed by atoms with Crippen molar-refractivity contribution in [3.8, 4) is 0 Å². The van der Waals surface area contributed by atoms with Crippen molar-refractivity contribution >= 4 is 23.3 Å². The van der Waals surface area contributed by atoms with Gasteiger partial charge in [0.1, 0.15) is 5.82 Å². The maximum absolute atomic E-state index is 12.1. The molecule has 1 aliphatic heterocycles. The number of morpholine rings is 1. The minimum absolute atomic E-state index is 0.205. The van der Waals surface area contributed by atoms with E-state index < -0.39 is 0 Å². The number of nitrogens with one attached hydrogen (secondary N) is 2. The zero-order chi connectivity index (χ0) is 14.4. The van der Waals surface area contributed by atoms with Crippen molar-refractivity contribution in [2.24, 2.45) is 0 Å². The second-order valence-corrected chi connectivity index (χ2v) is 4.93. The second-order valence-electron chi connectivity index (χ2n) is 4.52. The van der Waals surface area contributed by atoms with E-state index in [0.29, 0.717) is 42.7 Å². The second kappa shape index (κ2) is 7.42. The Bertz CT molecular complexity index is 464. The number of amides is 1. The number of pyridine rings is 1. The van der Waals surface area contributed by atoms with Crippen molar-refractivity contribution in [2.75, 3.05) is 38.2 Å². The van der Waals surface area contributed by atoms with Crippen LogP contribution in [0.4, 0.5) is 5.82 Å². The first-order valence-corrected chi connectivity index (χ1v) is 7.11. The first-order chi connectivity index (χ1) is 9.70. The van der Waals surface area contributed by atoms with E-state index in [-0.39, 0.29) is 5.91 Å². The van der Waals surface area contributed by atoms with Gasteiger partial charge in [-0.2, -0.15) is 0 Å². The molecular formula is C13H19ClN4O2. The van der Waals surface area contributed by atoms with Gasteiger partial charge in [0, 0.05) is 25.8 Å². The number of carbonyl (C=O) groups is 1. The average Bonchev–Trinajstić information content (AvgIpc) is 2.47. The third-order valence-corrected chi connectivity index (χ3v) is 3.20. The standard InChI is InChI=1S/C13H19ClN4O2/c1-2-3-15-12-11(14)8-10(9-16-12)13(19)17-18-4-6-20-7-5-18/h8-9H,2-7H2,1H3,(H,15,16)(H,17,19). The number of nitrogens with zero attached hydrogens (tertiary/aromatic N) is 2. The summed E-state index contributed by atoms with van der Waals surface area (Å²) >= 11 is 6.11. The summed E-state index contributed by atoms with van der Waals surface area (Å²) in [6.07, 6.45) is 2.51. The van der Waals surface area contributed by atoms with E-state index in [1.165, 1.54) is 6.20 Å². The lowest BCUT2D eigenvalue weighted by Gasteiger charge is -2.26. The molecule has 7 heteroatoms. The summed E-state index contributed by atoms with van der Waals surface area (Å²) in [6.45, 7) is 5.47. The first-order valence-electron chi connectivity index (χ1n) is 6.74. The third-order valence-electron chi connectivity index (χ3n) is 2.92. The zero-order valence-electron chi connectivity index (χ0n) is 11.5. The Morgan fingerprint density at radius 2 is 2.25 bits per heavy atom. The van der Waals surface area contributed by atoms with E-state index in [2.05, 4.69) is 22.7 Å². The van der Waals surface area contributed by atoms with Crippen molar-refractivity contribution in [1.29, 1.82) is 0 Å². The summed E-state index contributed by atoms with van der Waals surface area (Å²) in [5.74, 6) is 0.403. The molecule has 1 fully saturated rings. The van der Waals surface area contributed by atoms with Crippen LogP contribution in [-0.2, 0) is 4.74 Å². The Morgan fingerprint density at radius 3 is 2.90 bits per heavy atom. The highest BCUT2D eigenvalue weighted by Crippen LogP contribution is 2.20. The van der Waals surface area contributed by atoms with Gasteiger partial charge in [-0.3, -0.25) is 10.2 Å². The van der Waals surface area contributed by atoms with Crippen LogP contribution in [0.1, 0.15) is 23.7 Å². The molecule has 0 unspecified atom stereocenters. The number of halogens is 1. The van der Waals surface area contributed by atoms with Gasteiger partial charge in [-0.25, -0.2) is 9.99 Å². The van der Waals surface area contributed by atoms with Crippen LogP contribution in [0.2, 0.25) is 5.02 Å². The van der Waals surface area contributed by atoms with E-state index >= 15 is 0 Å². The molecule has 2 N–H and O–H groups in total. The van der Waals surface area contributed by atoms with Crippen LogP contribution in [0.3, 0.4) is 0 Å². The normalized spacial score (nSPS) is 15.9. The molecule has 20 heavy (non-hydrogen) atoms. The molecule has 0 bridgehead atoms. The number of hydrogen-bond acceptors (Lipinski definition) is 5. The highest BCUT2D eigenvalue weighted by molar-refractivity contribution is 6.33. The van der Waals surface area contributed by atoms with E-state index in [1.807, 2.05) is 5.01 Å². The van der Waals surface area contributed by atoms with Crippen molar-refractivity contribution in [2.45, 2.75) is 13.3 Å². The van der Waals surface area contributed by atoms with Crippen molar-refractivity contribution in [3.05, 3.63) is 22.8 Å². The maximum Gasteiger partial charge on any atom is 0.267 e. The quantitative estimate of drug-likeness (QED) is 0.863. The fourth-order valence-corrected chi connectivity index (χ4v) is 2.05. The van der Waals surface area contributed by atoms with Gasteiger partial charge in [0.15, 0.2) is 0 Å². The number of aromatic nitrogens is 1. The van der Waals surface area contributed by atoms with Gasteiger partial charge in [-0.1, -0.05) is 18.5 Å². The number of hydrogen-bond donors (Lipinski definition) is 2. The number of ether oxygens (including phenoxy) is 1. The predicted molar refractivity (Wildman–Crippen MR) is 77.9 cm³/mol. The number of hydrazine groups is 1. The zero-order valence-corrected chi connectivity index (χ0v) is 12.2. The predicted octanol–water partition coefficient (Wildman–Crippen LogP) is 1.53. The highest BCUT2D eigenvalue weighted by atomic mass is 35.5. The molecule has 6 nitrogen and oxygen atoms in total. The molecule has 2 rings (SSSR count). The molecule has 0 saturated carbocycles. The average molecular weight is 299 g/mol. The molecule has 0 radical (unpaired) electrons. The van der Waals surface area contributed by atoms with E-state index in [0.717, 1.165) is 13.0 Å². The summed E-state index contributed by atoms with van der Waals surface area (Å²) in [5, 5.41) is 5.40. The Balaban J connectivity index is 1.97. The number of carbonyl (C=O) groups excluding carboxylic acids is 1. The molecule has 1 amide bonds. The Kier molecular flexibility index (Phi) is 5.58. The fourth-order valence-electron chi connectivity index (χ4n) is 1.82. The molecule has 0 aliphatic carbocycles. The molecule has 1 saturated heterocycles. The molecule has 1 aliphatic rings. The number of rotatable bonds is 5. The van der Waals surface area contributed by atoms with Crippen molar-refractivity contribution in [3.63, 3.8) is 0 Å². The summed E-state index contributed by atoms with van der Waals surface area (Å²) in [5.41, 5.74) is 3.27. The Morgan fingerprint density at radius 1 is 1.50 bits per heavy atom. The van der Waals surface area contributed by atoms with Gasteiger partial charge >= 0.3 is 0 Å². The first kappa shape index (κ1) is 15.0. The SMILES string of the molecule is CCCNc1ncc(C(=O)NN2CCOCC2)cc1Cl. The van der Waals surface area contributed by atoms with Crippen LogP contribution >= 0.6 is 11.6 Å². The number of anilines is 1. The Hall–Kier alpha value is -1.37. The van der Waals surface area contributed by atoms with Crippen molar-refractivity contribution < 1.29 is 9.53 Å². The summed E-state index contributed by atoms with van der Waals surface area (Å²) < 4.78 is 5.22. The molecule has 1 aromatic rings. The molecule has 2 heterocycles. The van der Waals surface area contributed by atoms with Crippen LogP contribution in [0, 0.1) is 0 Å². The molecule has 0 spiro atoms. The van der Waals surface area contributed by atoms with Crippen molar-refractivity contribution in [1.82, 2.24) is 15.4 Å². The minimum atomic E-state index is -0.205. The van der Waals surface area contributed by atoms with Gasteiger partial charge in [0.05, 0.1) is 23.8 Å². The lowest BCUT2D eigenvalue weighted by molar-refractivity contribution is 0.0126. The van der Waals surface area contributed by atoms with Gasteiger partial charge in [-0.15, -0.1) is 0 Å². The van der Waals surface area contributed by atoms with Gasteiger partial charge in [0.25, 0.3) is 5.91 Å². The molecule has 0 aromatic carbocycles. The van der Waals surface area contributed by atoms with E-state index in [9.17, 15) is 4.79 Å². The topological polar surface area (TPSA) is 66.5 Å². The van der Waals surface area contributed by atoms with Crippen LogP contribution in [0.5, 0.6) is 0 Å². The van der Waals surface area contributed by atoms with Crippen LogP contribution in [0.25, 0.3) is 0 Å². The summed E-state index contributed by atoms with van der Waals surface area (Å²) in [4.78, 5) is 16.3. The van der Waals surface area contributed by atoms with Crippen LogP contribution in [0.15, 0.2) is 12.3 Å². The lowest BCUT2D eigenvalue weighted by Crippen LogP contribution is -2.48. The maximum atomic E-state index is 12.1. The van der Waals surface area contributed by atoms with Crippen LogP contribution < -0.4 is 10.7 Å². The molecule has 0 atom stereocenters. The third kappa shape index (κ3) is 4.06. The molecular weight excluding hydrogens is 280 g/mol. The van der Waals surface area contributed by atoms with Crippen LogP contribution in [-0.4, -0.2) is 48.7 Å². The van der Waals surface area contributed by atoms with Gasteiger partial charge in [-0.05, 0) is 12.5 Å².